The van der Waals surface area contributed by atoms with Crippen molar-refractivity contribution in [3.8, 4) is 5.75 Å². The third kappa shape index (κ3) is 4.51. The third-order valence-electron chi connectivity index (χ3n) is 5.18. The van der Waals surface area contributed by atoms with Gasteiger partial charge in [-0.25, -0.2) is 0 Å². The van der Waals surface area contributed by atoms with E-state index in [4.69, 9.17) is 4.74 Å². The van der Waals surface area contributed by atoms with Crippen LogP contribution in [-0.2, 0) is 6.54 Å². The molecule has 1 aliphatic rings. The molecule has 0 aromatic heterocycles. The van der Waals surface area contributed by atoms with E-state index in [0.29, 0.717) is 6.04 Å². The molecule has 0 spiro atoms. The quantitative estimate of drug-likeness (QED) is 0.586. The maximum absolute atomic E-state index is 6.17. The van der Waals surface area contributed by atoms with Crippen LogP contribution < -0.4 is 10.1 Å². The molecule has 3 rings (SSSR count). The van der Waals surface area contributed by atoms with Crippen LogP contribution in [0.4, 0.5) is 0 Å². The molecule has 0 heterocycles. The highest BCUT2D eigenvalue weighted by molar-refractivity contribution is 5.87. The van der Waals surface area contributed by atoms with Gasteiger partial charge in [0.1, 0.15) is 5.75 Å². The molecule has 0 radical (unpaired) electrons. The van der Waals surface area contributed by atoms with Gasteiger partial charge in [-0.05, 0) is 36.1 Å². The fourth-order valence-electron chi connectivity index (χ4n) is 3.72. The Morgan fingerprint density at radius 3 is 2.67 bits per heavy atom. The fourth-order valence-corrected chi connectivity index (χ4v) is 3.72. The van der Waals surface area contributed by atoms with Crippen LogP contribution in [0.3, 0.4) is 0 Å². The van der Waals surface area contributed by atoms with Crippen molar-refractivity contribution < 1.29 is 4.74 Å². The first kappa shape index (κ1) is 17.3. The average molecular weight is 325 g/mol. The topological polar surface area (TPSA) is 21.3 Å². The normalized spacial score (nSPS) is 15.2. The van der Waals surface area contributed by atoms with Crippen LogP contribution in [0.5, 0.6) is 5.75 Å². The van der Waals surface area contributed by atoms with E-state index >= 15 is 0 Å². The lowest BCUT2D eigenvalue weighted by molar-refractivity contribution is 0.301. The van der Waals surface area contributed by atoms with Gasteiger partial charge in [-0.1, -0.05) is 69.4 Å². The highest BCUT2D eigenvalue weighted by atomic mass is 16.5. The van der Waals surface area contributed by atoms with Crippen LogP contribution in [0.1, 0.15) is 63.9 Å². The number of fused-ring (bicyclic) bond motifs is 1. The number of unbranched alkanes of at least 4 members (excludes halogenated alkanes) is 3. The summed E-state index contributed by atoms with van der Waals surface area (Å²) in [6, 6.07) is 13.7. The Hall–Kier alpha value is -1.54. The zero-order valence-corrected chi connectivity index (χ0v) is 15.0. The molecule has 1 saturated carbocycles. The van der Waals surface area contributed by atoms with E-state index in [-0.39, 0.29) is 0 Å². The first-order valence-corrected chi connectivity index (χ1v) is 9.75. The zero-order chi connectivity index (χ0) is 16.6. The molecule has 2 aromatic carbocycles. The van der Waals surface area contributed by atoms with Crippen LogP contribution in [0, 0.1) is 0 Å². The standard InChI is InChI=1S/C22H31NO/c1-2-3-4-9-16-24-22-15-14-18-10-5-8-13-20(18)21(22)17-23-19-11-6-7-12-19/h5,8,10,13-15,19,23H,2-4,6-7,9,11-12,16-17H2,1H3. The summed E-state index contributed by atoms with van der Waals surface area (Å²) in [5.41, 5.74) is 1.33. The fraction of sp³-hybridized carbons (Fsp3) is 0.545. The van der Waals surface area contributed by atoms with Crippen molar-refractivity contribution in [1.82, 2.24) is 5.32 Å². The van der Waals surface area contributed by atoms with Gasteiger partial charge in [0.25, 0.3) is 0 Å². The molecular formula is C22H31NO. The predicted octanol–water partition coefficient (Wildman–Crippen LogP) is 5.83. The molecule has 0 amide bonds. The van der Waals surface area contributed by atoms with Gasteiger partial charge < -0.3 is 10.1 Å². The van der Waals surface area contributed by atoms with Crippen molar-refractivity contribution in [2.75, 3.05) is 6.61 Å². The van der Waals surface area contributed by atoms with Crippen molar-refractivity contribution in [3.63, 3.8) is 0 Å². The van der Waals surface area contributed by atoms with Crippen LogP contribution in [0.2, 0.25) is 0 Å². The molecule has 0 unspecified atom stereocenters. The summed E-state index contributed by atoms with van der Waals surface area (Å²) >= 11 is 0. The highest BCUT2D eigenvalue weighted by Crippen LogP contribution is 2.29. The highest BCUT2D eigenvalue weighted by Gasteiger charge is 2.16. The Balaban J connectivity index is 1.71. The molecular weight excluding hydrogens is 294 g/mol. The molecule has 1 aliphatic carbocycles. The molecule has 2 heteroatoms. The molecule has 24 heavy (non-hydrogen) atoms. The third-order valence-corrected chi connectivity index (χ3v) is 5.18. The van der Waals surface area contributed by atoms with E-state index in [1.54, 1.807) is 0 Å². The van der Waals surface area contributed by atoms with E-state index in [2.05, 4.69) is 48.6 Å². The number of hydrogen-bond donors (Lipinski definition) is 1. The van der Waals surface area contributed by atoms with Gasteiger partial charge in [-0.2, -0.15) is 0 Å². The molecule has 130 valence electrons. The summed E-state index contributed by atoms with van der Waals surface area (Å²) in [4.78, 5) is 0. The summed E-state index contributed by atoms with van der Waals surface area (Å²) in [5.74, 6) is 1.07. The lowest BCUT2D eigenvalue weighted by Gasteiger charge is -2.17. The zero-order valence-electron chi connectivity index (χ0n) is 15.0. The van der Waals surface area contributed by atoms with Gasteiger partial charge in [-0.3, -0.25) is 0 Å². The van der Waals surface area contributed by atoms with Crippen LogP contribution in [0.15, 0.2) is 36.4 Å². The van der Waals surface area contributed by atoms with Crippen molar-refractivity contribution in [2.45, 2.75) is 70.9 Å². The molecule has 2 aromatic rings. The van der Waals surface area contributed by atoms with Crippen LogP contribution >= 0.6 is 0 Å². The summed E-state index contributed by atoms with van der Waals surface area (Å²) in [6.45, 7) is 3.99. The van der Waals surface area contributed by atoms with E-state index in [1.807, 2.05) is 0 Å². The van der Waals surface area contributed by atoms with Crippen molar-refractivity contribution in [2.24, 2.45) is 0 Å². The number of rotatable bonds is 9. The summed E-state index contributed by atoms with van der Waals surface area (Å²) in [5, 5.41) is 6.39. The maximum Gasteiger partial charge on any atom is 0.124 e. The number of benzene rings is 2. The van der Waals surface area contributed by atoms with E-state index in [0.717, 1.165) is 25.3 Å². The average Bonchev–Trinajstić information content (AvgIpc) is 3.13. The molecule has 0 bridgehead atoms. The Morgan fingerprint density at radius 2 is 1.83 bits per heavy atom. The Morgan fingerprint density at radius 1 is 1.00 bits per heavy atom. The minimum absolute atomic E-state index is 0.682. The molecule has 0 saturated heterocycles. The molecule has 0 atom stereocenters. The molecule has 1 fully saturated rings. The van der Waals surface area contributed by atoms with Crippen LogP contribution in [0.25, 0.3) is 10.8 Å². The molecule has 0 aliphatic heterocycles. The predicted molar refractivity (Wildman–Crippen MR) is 103 cm³/mol. The van der Waals surface area contributed by atoms with Crippen molar-refractivity contribution in [3.05, 3.63) is 42.0 Å². The van der Waals surface area contributed by atoms with Gasteiger partial charge in [0.05, 0.1) is 6.61 Å². The first-order valence-electron chi connectivity index (χ1n) is 9.75. The largest absolute Gasteiger partial charge is 0.493 e. The van der Waals surface area contributed by atoms with Gasteiger partial charge in [0.15, 0.2) is 0 Å². The van der Waals surface area contributed by atoms with Crippen LogP contribution in [-0.4, -0.2) is 12.6 Å². The summed E-state index contributed by atoms with van der Waals surface area (Å²) in [7, 11) is 0. The lowest BCUT2D eigenvalue weighted by atomic mass is 10.0. The van der Waals surface area contributed by atoms with Gasteiger partial charge in [0, 0.05) is 18.2 Å². The van der Waals surface area contributed by atoms with Gasteiger partial charge in [0.2, 0.25) is 0 Å². The number of nitrogens with one attached hydrogen (secondary N) is 1. The second-order valence-corrected chi connectivity index (χ2v) is 7.03. The smallest absolute Gasteiger partial charge is 0.124 e. The van der Waals surface area contributed by atoms with E-state index < -0.39 is 0 Å². The van der Waals surface area contributed by atoms with Gasteiger partial charge >= 0.3 is 0 Å². The monoisotopic (exact) mass is 325 g/mol. The minimum Gasteiger partial charge on any atom is -0.493 e. The second-order valence-electron chi connectivity index (χ2n) is 7.03. The minimum atomic E-state index is 0.682. The second kappa shape index (κ2) is 9.08. The molecule has 2 nitrogen and oxygen atoms in total. The van der Waals surface area contributed by atoms with E-state index in [9.17, 15) is 0 Å². The lowest BCUT2D eigenvalue weighted by Crippen LogP contribution is -2.25. The summed E-state index contributed by atoms with van der Waals surface area (Å²) in [6.07, 6.45) is 10.4. The Bertz CT molecular complexity index is 631. The molecule has 1 N–H and O–H groups in total. The Kier molecular flexibility index (Phi) is 6.54. The number of ether oxygens (including phenoxy) is 1. The summed E-state index contributed by atoms with van der Waals surface area (Å²) < 4.78 is 6.17. The number of hydrogen-bond acceptors (Lipinski definition) is 2. The Labute approximate surface area is 146 Å². The maximum atomic E-state index is 6.17. The van der Waals surface area contributed by atoms with Gasteiger partial charge in [-0.15, -0.1) is 0 Å². The van der Waals surface area contributed by atoms with E-state index in [1.165, 1.54) is 61.3 Å². The van der Waals surface area contributed by atoms with Crippen molar-refractivity contribution in [1.29, 1.82) is 0 Å². The van der Waals surface area contributed by atoms with Crippen molar-refractivity contribution >= 4 is 10.8 Å². The SMILES string of the molecule is CCCCCCOc1ccc2ccccc2c1CNC1CCCC1. The first-order chi connectivity index (χ1) is 11.9.